The molecule has 0 aliphatic carbocycles. The number of piperidine rings is 1. The van der Waals surface area contributed by atoms with E-state index in [0.717, 1.165) is 101 Å². The molecule has 0 bridgehead atoms. The van der Waals surface area contributed by atoms with Crippen LogP contribution in [0.4, 0.5) is 24.5 Å². The van der Waals surface area contributed by atoms with Crippen LogP contribution in [0.15, 0.2) is 91.1 Å². The number of anilines is 2. The van der Waals surface area contributed by atoms with Gasteiger partial charge in [-0.3, -0.25) is 14.5 Å². The van der Waals surface area contributed by atoms with E-state index in [2.05, 4.69) is 55.3 Å². The number of aromatic nitrogens is 1. The minimum atomic E-state index is -4.46. The third kappa shape index (κ3) is 9.20. The number of alkyl halides is 3. The van der Waals surface area contributed by atoms with Crippen molar-refractivity contribution in [1.82, 2.24) is 14.8 Å². The molecule has 4 aromatic rings. The first kappa shape index (κ1) is 34.9. The van der Waals surface area contributed by atoms with E-state index in [9.17, 15) is 22.8 Å². The second kappa shape index (κ2) is 15.8. The van der Waals surface area contributed by atoms with Gasteiger partial charge >= 0.3 is 6.18 Å². The Morgan fingerprint density at radius 1 is 0.880 bits per heavy atom. The van der Waals surface area contributed by atoms with Crippen molar-refractivity contribution in [2.24, 2.45) is 5.92 Å². The molecule has 2 fully saturated rings. The van der Waals surface area contributed by atoms with E-state index in [1.54, 1.807) is 12.1 Å². The summed E-state index contributed by atoms with van der Waals surface area (Å²) in [6.45, 7) is 8.28. The third-order valence-electron chi connectivity index (χ3n) is 9.57. The molecule has 2 aliphatic rings. The lowest BCUT2D eigenvalue weighted by Crippen LogP contribution is -2.49. The van der Waals surface area contributed by atoms with Crippen molar-refractivity contribution < 1.29 is 27.5 Å². The van der Waals surface area contributed by atoms with Crippen molar-refractivity contribution >= 4 is 23.2 Å². The highest BCUT2D eigenvalue weighted by atomic mass is 19.4. The number of ether oxygens (including phenoxy) is 1. The number of pyridine rings is 1. The second-order valence-electron chi connectivity index (χ2n) is 13.1. The number of halogens is 3. The van der Waals surface area contributed by atoms with E-state index in [4.69, 9.17) is 4.74 Å². The van der Waals surface area contributed by atoms with Gasteiger partial charge in [0.2, 0.25) is 11.8 Å². The summed E-state index contributed by atoms with van der Waals surface area (Å²) in [5.41, 5.74) is 3.09. The van der Waals surface area contributed by atoms with Crippen LogP contribution in [-0.4, -0.2) is 72.4 Å². The third-order valence-corrected chi connectivity index (χ3v) is 9.57. The maximum absolute atomic E-state index is 13.1. The Morgan fingerprint density at radius 3 is 2.24 bits per heavy atom. The molecule has 3 heterocycles. The Labute approximate surface area is 290 Å². The van der Waals surface area contributed by atoms with Gasteiger partial charge in [0.25, 0.3) is 5.91 Å². The summed E-state index contributed by atoms with van der Waals surface area (Å²) in [6.07, 6.45) is 0.583. The maximum atomic E-state index is 13.1. The largest absolute Gasteiger partial charge is 0.439 e. The highest BCUT2D eigenvalue weighted by Gasteiger charge is 2.30. The molecule has 1 N–H and O–H groups in total. The first-order valence-corrected chi connectivity index (χ1v) is 17.1. The molecule has 3 aromatic carbocycles. The Bertz CT molecular complexity index is 1730. The first-order chi connectivity index (χ1) is 24.1. The van der Waals surface area contributed by atoms with Crippen LogP contribution in [0.25, 0.3) is 0 Å². The topological polar surface area (TPSA) is 78.0 Å². The minimum Gasteiger partial charge on any atom is -0.439 e. The predicted molar refractivity (Wildman–Crippen MR) is 188 cm³/mol. The van der Waals surface area contributed by atoms with Crippen LogP contribution in [0.1, 0.15) is 46.3 Å². The number of amides is 2. The predicted octanol–water partition coefficient (Wildman–Crippen LogP) is 7.45. The average Bonchev–Trinajstić information content (AvgIpc) is 3.13. The number of piperazine rings is 1. The fourth-order valence-corrected chi connectivity index (χ4v) is 6.51. The molecule has 2 amide bonds. The number of hydrogen-bond donors (Lipinski definition) is 1. The van der Waals surface area contributed by atoms with Gasteiger partial charge in [0.05, 0.1) is 17.4 Å². The molecule has 8 nitrogen and oxygen atoms in total. The van der Waals surface area contributed by atoms with Gasteiger partial charge in [0, 0.05) is 69.6 Å². The number of nitrogens with one attached hydrogen (secondary N) is 1. The van der Waals surface area contributed by atoms with Crippen LogP contribution in [-0.2, 0) is 17.4 Å². The molecule has 0 radical (unpaired) electrons. The van der Waals surface area contributed by atoms with E-state index >= 15 is 0 Å². The normalized spacial score (nSPS) is 15.9. The maximum Gasteiger partial charge on any atom is 0.416 e. The zero-order valence-corrected chi connectivity index (χ0v) is 28.2. The summed E-state index contributed by atoms with van der Waals surface area (Å²) in [6, 6.07) is 23.9. The first-order valence-electron chi connectivity index (χ1n) is 17.1. The van der Waals surface area contributed by atoms with E-state index < -0.39 is 17.6 Å². The van der Waals surface area contributed by atoms with Crippen LogP contribution >= 0.6 is 0 Å². The van der Waals surface area contributed by atoms with Gasteiger partial charge in [-0.05, 0) is 91.8 Å². The van der Waals surface area contributed by atoms with Gasteiger partial charge in [-0.1, -0.05) is 30.3 Å². The lowest BCUT2D eigenvalue weighted by Gasteiger charge is -2.37. The van der Waals surface area contributed by atoms with Crippen LogP contribution < -0.4 is 15.0 Å². The summed E-state index contributed by atoms with van der Waals surface area (Å²) < 4.78 is 44.4. The molecule has 0 unspecified atom stereocenters. The Balaban J connectivity index is 0.926. The molecular weight excluding hydrogens is 643 g/mol. The van der Waals surface area contributed by atoms with Gasteiger partial charge in [-0.15, -0.1) is 0 Å². The van der Waals surface area contributed by atoms with Gasteiger partial charge < -0.3 is 19.9 Å². The molecule has 11 heteroatoms. The van der Waals surface area contributed by atoms with Crippen molar-refractivity contribution in [1.29, 1.82) is 0 Å². The highest BCUT2D eigenvalue weighted by molar-refractivity contribution is 6.04. The second-order valence-corrected chi connectivity index (χ2v) is 13.1. The van der Waals surface area contributed by atoms with Crippen LogP contribution in [0.3, 0.4) is 0 Å². The monoisotopic (exact) mass is 685 g/mol. The number of rotatable bonds is 10. The highest BCUT2D eigenvalue weighted by Crippen LogP contribution is 2.32. The molecule has 2 saturated heterocycles. The smallest absolute Gasteiger partial charge is 0.416 e. The molecule has 1 aromatic heterocycles. The van der Waals surface area contributed by atoms with Crippen LogP contribution in [0.5, 0.6) is 11.6 Å². The summed E-state index contributed by atoms with van der Waals surface area (Å²) in [7, 11) is 0. The van der Waals surface area contributed by atoms with Crippen molar-refractivity contribution in [2.45, 2.75) is 38.8 Å². The zero-order chi connectivity index (χ0) is 35.1. The fourth-order valence-electron chi connectivity index (χ4n) is 6.51. The quantitative estimate of drug-likeness (QED) is 0.187. The Kier molecular flexibility index (Phi) is 11.0. The SMILES string of the molecule is Cc1cc(N2CCC(CC(=O)N3CCN(CCc4ccccc4)CC3)CC2)ccc1Oc1ccc(NC(=O)c2ccc(C(F)(F)F)cc2)cn1. The van der Waals surface area contributed by atoms with Crippen molar-refractivity contribution in [3.63, 3.8) is 0 Å². The molecule has 262 valence electrons. The van der Waals surface area contributed by atoms with Gasteiger partial charge in [-0.2, -0.15) is 13.2 Å². The Hall–Kier alpha value is -4.90. The van der Waals surface area contributed by atoms with Crippen molar-refractivity contribution in [3.8, 4) is 11.6 Å². The molecule has 0 atom stereocenters. The molecule has 0 spiro atoms. The average molecular weight is 686 g/mol. The van der Waals surface area contributed by atoms with E-state index in [1.165, 1.54) is 11.8 Å². The van der Waals surface area contributed by atoms with Crippen LogP contribution in [0, 0.1) is 12.8 Å². The zero-order valence-electron chi connectivity index (χ0n) is 28.2. The summed E-state index contributed by atoms with van der Waals surface area (Å²) in [5.74, 6) is 1.13. The standard InChI is InChI=1S/C39H42F3N5O3/c1-28-25-34(12-13-35(28)50-36-14-11-33(27-43-36)44-38(49)31-7-9-32(10-8-31)39(40,41)42)46-19-16-30(17-20-46)26-37(48)47-23-21-45(22-24-47)18-15-29-5-3-2-4-6-29/h2-14,25,27,30H,15-24,26H2,1H3,(H,44,49). The summed E-state index contributed by atoms with van der Waals surface area (Å²) in [4.78, 5) is 36.7. The molecule has 6 rings (SSSR count). The van der Waals surface area contributed by atoms with Gasteiger partial charge in [0.1, 0.15) is 5.75 Å². The number of carbonyl (C=O) groups excluding carboxylic acids is 2. The van der Waals surface area contributed by atoms with E-state index in [-0.39, 0.29) is 11.5 Å². The van der Waals surface area contributed by atoms with Crippen molar-refractivity contribution in [3.05, 3.63) is 113 Å². The number of aryl methyl sites for hydroxylation is 1. The summed E-state index contributed by atoms with van der Waals surface area (Å²) >= 11 is 0. The molecule has 2 aliphatic heterocycles. The number of benzene rings is 3. The summed E-state index contributed by atoms with van der Waals surface area (Å²) in [5, 5.41) is 2.64. The number of carbonyl (C=O) groups is 2. The molecule has 50 heavy (non-hydrogen) atoms. The molecular formula is C39H42F3N5O3. The number of hydrogen-bond acceptors (Lipinski definition) is 6. The van der Waals surface area contributed by atoms with Gasteiger partial charge in [-0.25, -0.2) is 4.98 Å². The minimum absolute atomic E-state index is 0.103. The van der Waals surface area contributed by atoms with Crippen molar-refractivity contribution in [2.75, 3.05) is 56.0 Å². The lowest BCUT2D eigenvalue weighted by molar-refractivity contribution is -0.137. The van der Waals surface area contributed by atoms with E-state index in [0.29, 0.717) is 29.7 Å². The molecule has 0 saturated carbocycles. The van der Waals surface area contributed by atoms with Gasteiger partial charge in [0.15, 0.2) is 0 Å². The fraction of sp³-hybridized carbons (Fsp3) is 0.359. The van der Waals surface area contributed by atoms with Crippen LogP contribution in [0.2, 0.25) is 0 Å². The van der Waals surface area contributed by atoms with E-state index in [1.807, 2.05) is 25.1 Å². The number of nitrogens with zero attached hydrogens (tertiary/aromatic N) is 4. The lowest BCUT2D eigenvalue weighted by atomic mass is 9.92. The Morgan fingerprint density at radius 2 is 1.60 bits per heavy atom.